The number of morpholine rings is 1. The van der Waals surface area contributed by atoms with Crippen LogP contribution in [0.3, 0.4) is 0 Å². The second-order valence-electron chi connectivity index (χ2n) is 5.16. The zero-order valence-corrected chi connectivity index (χ0v) is 11.3. The van der Waals surface area contributed by atoms with Crippen LogP contribution < -0.4 is 10.6 Å². The molecule has 0 bridgehead atoms. The number of hydrogen-bond acceptors (Lipinski definition) is 4. The number of carbonyl (C=O) groups excluding carboxylic acids is 1. The normalized spacial score (nSPS) is 27.1. The van der Waals surface area contributed by atoms with Gasteiger partial charge in [0.15, 0.2) is 0 Å². The van der Waals surface area contributed by atoms with E-state index in [-0.39, 0.29) is 17.9 Å². The Morgan fingerprint density at radius 1 is 1.44 bits per heavy atom. The lowest BCUT2D eigenvalue weighted by atomic mass is 9.97. The molecule has 2 aliphatic heterocycles. The molecule has 0 aromatic rings. The average molecular weight is 255 g/mol. The zero-order chi connectivity index (χ0) is 12.8. The number of likely N-dealkylation sites (N-methyl/N-ethyl adjacent to an activating group) is 1. The maximum atomic E-state index is 12.0. The van der Waals surface area contributed by atoms with Gasteiger partial charge >= 0.3 is 0 Å². The Bertz CT molecular complexity index is 267. The third-order valence-corrected chi connectivity index (χ3v) is 3.88. The minimum atomic E-state index is 0.157. The van der Waals surface area contributed by atoms with Crippen molar-refractivity contribution in [3.8, 4) is 0 Å². The fourth-order valence-electron chi connectivity index (χ4n) is 2.63. The summed E-state index contributed by atoms with van der Waals surface area (Å²) < 4.78 is 5.68. The van der Waals surface area contributed by atoms with Crippen LogP contribution in [0.4, 0.5) is 0 Å². The molecule has 104 valence electrons. The Balaban J connectivity index is 1.68. The van der Waals surface area contributed by atoms with Gasteiger partial charge in [-0.1, -0.05) is 6.92 Å². The highest BCUT2D eigenvalue weighted by Gasteiger charge is 2.23. The minimum absolute atomic E-state index is 0.157. The number of nitrogens with zero attached hydrogens (tertiary/aromatic N) is 1. The largest absolute Gasteiger partial charge is 0.374 e. The molecule has 5 heteroatoms. The smallest absolute Gasteiger partial charge is 0.223 e. The van der Waals surface area contributed by atoms with E-state index >= 15 is 0 Å². The van der Waals surface area contributed by atoms with E-state index in [4.69, 9.17) is 4.74 Å². The van der Waals surface area contributed by atoms with E-state index in [1.54, 1.807) is 0 Å². The van der Waals surface area contributed by atoms with Crippen LogP contribution in [-0.2, 0) is 9.53 Å². The van der Waals surface area contributed by atoms with Gasteiger partial charge in [-0.3, -0.25) is 9.69 Å². The summed E-state index contributed by atoms with van der Waals surface area (Å²) in [5, 5.41) is 6.33. The number of piperidine rings is 1. The lowest BCUT2D eigenvalue weighted by Gasteiger charge is -2.32. The van der Waals surface area contributed by atoms with Gasteiger partial charge in [-0.2, -0.15) is 0 Å². The molecule has 2 rings (SSSR count). The SMILES string of the molecule is CCN1CCOC(CNC(=O)C2CCNCC2)C1. The van der Waals surface area contributed by atoms with E-state index in [9.17, 15) is 4.79 Å². The molecule has 0 aromatic carbocycles. The van der Waals surface area contributed by atoms with Crippen molar-refractivity contribution < 1.29 is 9.53 Å². The van der Waals surface area contributed by atoms with Gasteiger partial charge in [0.2, 0.25) is 5.91 Å². The van der Waals surface area contributed by atoms with Crippen LogP contribution in [0.1, 0.15) is 19.8 Å². The minimum Gasteiger partial charge on any atom is -0.374 e. The van der Waals surface area contributed by atoms with Crippen LogP contribution in [0, 0.1) is 5.92 Å². The summed E-state index contributed by atoms with van der Waals surface area (Å²) in [6, 6.07) is 0. The molecular formula is C13H25N3O2. The first-order valence-corrected chi connectivity index (χ1v) is 7.12. The molecule has 2 aliphatic rings. The lowest BCUT2D eigenvalue weighted by molar-refractivity contribution is -0.126. The van der Waals surface area contributed by atoms with Crippen molar-refractivity contribution in [3.63, 3.8) is 0 Å². The number of ether oxygens (including phenoxy) is 1. The molecule has 0 spiro atoms. The Labute approximate surface area is 109 Å². The highest BCUT2D eigenvalue weighted by molar-refractivity contribution is 5.78. The molecule has 2 saturated heterocycles. The van der Waals surface area contributed by atoms with Crippen molar-refractivity contribution in [2.24, 2.45) is 5.92 Å². The maximum absolute atomic E-state index is 12.0. The van der Waals surface area contributed by atoms with E-state index in [0.29, 0.717) is 6.54 Å². The van der Waals surface area contributed by atoms with Gasteiger partial charge in [0, 0.05) is 25.6 Å². The fourth-order valence-corrected chi connectivity index (χ4v) is 2.63. The van der Waals surface area contributed by atoms with Crippen molar-refractivity contribution in [1.29, 1.82) is 0 Å². The molecule has 1 unspecified atom stereocenters. The fraction of sp³-hybridized carbons (Fsp3) is 0.923. The van der Waals surface area contributed by atoms with Crippen LogP contribution in [0.15, 0.2) is 0 Å². The summed E-state index contributed by atoms with van der Waals surface area (Å²) in [6.07, 6.45) is 2.07. The van der Waals surface area contributed by atoms with E-state index < -0.39 is 0 Å². The summed E-state index contributed by atoms with van der Waals surface area (Å²) in [5.41, 5.74) is 0. The van der Waals surface area contributed by atoms with Gasteiger partial charge in [-0.05, 0) is 32.5 Å². The van der Waals surface area contributed by atoms with Crippen molar-refractivity contribution >= 4 is 5.91 Å². The van der Waals surface area contributed by atoms with Crippen LogP contribution in [-0.4, -0.2) is 62.8 Å². The second-order valence-corrected chi connectivity index (χ2v) is 5.16. The predicted molar refractivity (Wildman–Crippen MR) is 70.5 cm³/mol. The first-order chi connectivity index (χ1) is 8.79. The first kappa shape index (κ1) is 13.8. The molecule has 0 aromatic heterocycles. The maximum Gasteiger partial charge on any atom is 0.223 e. The zero-order valence-electron chi connectivity index (χ0n) is 11.3. The van der Waals surface area contributed by atoms with Crippen LogP contribution in [0.2, 0.25) is 0 Å². The molecule has 2 N–H and O–H groups in total. The Morgan fingerprint density at radius 2 is 2.22 bits per heavy atom. The van der Waals surface area contributed by atoms with E-state index in [1.807, 2.05) is 0 Å². The molecule has 2 heterocycles. The highest BCUT2D eigenvalue weighted by Crippen LogP contribution is 2.11. The molecule has 0 aliphatic carbocycles. The quantitative estimate of drug-likeness (QED) is 0.732. The number of carbonyl (C=O) groups is 1. The Morgan fingerprint density at radius 3 is 2.94 bits per heavy atom. The summed E-state index contributed by atoms with van der Waals surface area (Å²) >= 11 is 0. The summed E-state index contributed by atoms with van der Waals surface area (Å²) in [6.45, 7) is 8.51. The molecule has 1 atom stereocenters. The topological polar surface area (TPSA) is 53.6 Å². The Hall–Kier alpha value is -0.650. The van der Waals surface area contributed by atoms with Crippen molar-refractivity contribution in [3.05, 3.63) is 0 Å². The molecule has 1 amide bonds. The van der Waals surface area contributed by atoms with Crippen molar-refractivity contribution in [2.45, 2.75) is 25.9 Å². The number of amides is 1. The lowest BCUT2D eigenvalue weighted by Crippen LogP contribution is -2.48. The van der Waals surface area contributed by atoms with Crippen molar-refractivity contribution in [1.82, 2.24) is 15.5 Å². The van der Waals surface area contributed by atoms with Gasteiger partial charge < -0.3 is 15.4 Å². The Kier molecular flexibility index (Phi) is 5.41. The third-order valence-electron chi connectivity index (χ3n) is 3.88. The van der Waals surface area contributed by atoms with Crippen LogP contribution >= 0.6 is 0 Å². The van der Waals surface area contributed by atoms with Gasteiger partial charge in [0.05, 0.1) is 12.7 Å². The molecule has 0 saturated carbocycles. The average Bonchev–Trinajstić information content (AvgIpc) is 2.46. The third kappa shape index (κ3) is 3.93. The van der Waals surface area contributed by atoms with E-state index in [1.165, 1.54) is 0 Å². The molecule has 2 fully saturated rings. The highest BCUT2D eigenvalue weighted by atomic mass is 16.5. The predicted octanol–water partition coefficient (Wildman–Crippen LogP) is -0.177. The number of hydrogen-bond donors (Lipinski definition) is 2. The summed E-state index contributed by atoms with van der Waals surface area (Å²) in [5.74, 6) is 0.394. The number of rotatable bonds is 4. The molecule has 18 heavy (non-hydrogen) atoms. The number of nitrogens with one attached hydrogen (secondary N) is 2. The van der Waals surface area contributed by atoms with Gasteiger partial charge in [0.25, 0.3) is 0 Å². The standard InChI is InChI=1S/C13H25N3O2/c1-2-16-7-8-18-12(10-16)9-15-13(17)11-3-5-14-6-4-11/h11-12,14H,2-10H2,1H3,(H,15,17). The monoisotopic (exact) mass is 255 g/mol. The van der Waals surface area contributed by atoms with E-state index in [2.05, 4.69) is 22.5 Å². The molecular weight excluding hydrogens is 230 g/mol. The summed E-state index contributed by atoms with van der Waals surface area (Å²) in [7, 11) is 0. The second kappa shape index (κ2) is 7.07. The summed E-state index contributed by atoms with van der Waals surface area (Å²) in [4.78, 5) is 14.3. The molecule has 0 radical (unpaired) electrons. The first-order valence-electron chi connectivity index (χ1n) is 7.12. The van der Waals surface area contributed by atoms with Crippen LogP contribution in [0.5, 0.6) is 0 Å². The van der Waals surface area contributed by atoms with Gasteiger partial charge in [0.1, 0.15) is 0 Å². The van der Waals surface area contributed by atoms with Crippen LogP contribution in [0.25, 0.3) is 0 Å². The van der Waals surface area contributed by atoms with Gasteiger partial charge in [-0.15, -0.1) is 0 Å². The van der Waals surface area contributed by atoms with E-state index in [0.717, 1.165) is 52.2 Å². The molecule has 5 nitrogen and oxygen atoms in total. The van der Waals surface area contributed by atoms with Crippen molar-refractivity contribution in [2.75, 3.05) is 45.9 Å². The van der Waals surface area contributed by atoms with Gasteiger partial charge in [-0.25, -0.2) is 0 Å².